The molecule has 1 saturated carbocycles. The van der Waals surface area contributed by atoms with Crippen molar-refractivity contribution in [3.05, 3.63) is 24.3 Å². The lowest BCUT2D eigenvalue weighted by molar-refractivity contribution is -0.137. The van der Waals surface area contributed by atoms with Gasteiger partial charge in [0.15, 0.2) is 0 Å². The number of anilines is 1. The van der Waals surface area contributed by atoms with E-state index in [4.69, 9.17) is 9.84 Å². The summed E-state index contributed by atoms with van der Waals surface area (Å²) in [6, 6.07) is 6.68. The highest BCUT2D eigenvalue weighted by molar-refractivity contribution is 5.92. The van der Waals surface area contributed by atoms with Gasteiger partial charge in [-0.15, -0.1) is 0 Å². The van der Waals surface area contributed by atoms with Crippen molar-refractivity contribution in [3.63, 3.8) is 0 Å². The molecule has 2 N–H and O–H groups in total. The van der Waals surface area contributed by atoms with Gasteiger partial charge in [-0.2, -0.15) is 0 Å². The van der Waals surface area contributed by atoms with Crippen LogP contribution in [-0.4, -0.2) is 29.5 Å². The topological polar surface area (TPSA) is 75.6 Å². The van der Waals surface area contributed by atoms with Gasteiger partial charge in [0, 0.05) is 30.9 Å². The maximum absolute atomic E-state index is 13.1. The number of aliphatic carboxylic acids is 1. The van der Waals surface area contributed by atoms with Crippen LogP contribution in [0.4, 0.5) is 14.5 Å². The highest BCUT2D eigenvalue weighted by atomic mass is 19.3. The van der Waals surface area contributed by atoms with Crippen LogP contribution in [0.1, 0.15) is 38.5 Å². The molecule has 0 bridgehead atoms. The third-order valence-electron chi connectivity index (χ3n) is 4.01. The summed E-state index contributed by atoms with van der Waals surface area (Å²) in [5.41, 5.74) is 0.579. The molecule has 1 aromatic carbocycles. The Kier molecular flexibility index (Phi) is 6.11. The summed E-state index contributed by atoms with van der Waals surface area (Å²) in [6.45, 7) is 0.300. The molecular formula is C17H21F2NO4. The second kappa shape index (κ2) is 8.08. The number of carboxylic acid groups (broad SMARTS) is 1. The molecule has 2 rings (SSSR count). The molecule has 1 amide bonds. The molecule has 1 aromatic rings. The van der Waals surface area contributed by atoms with Gasteiger partial charge in [-0.05, 0) is 43.5 Å². The van der Waals surface area contributed by atoms with Crippen LogP contribution in [-0.2, 0) is 9.59 Å². The molecule has 0 saturated heterocycles. The maximum atomic E-state index is 13.1. The molecule has 0 unspecified atom stereocenters. The molecule has 0 spiro atoms. The monoisotopic (exact) mass is 341 g/mol. The fourth-order valence-corrected chi connectivity index (χ4v) is 2.59. The predicted octanol–water partition coefficient (Wildman–Crippen LogP) is 3.69. The number of nitrogens with one attached hydrogen (secondary N) is 1. The molecule has 0 heterocycles. The average molecular weight is 341 g/mol. The summed E-state index contributed by atoms with van der Waals surface area (Å²) in [6.07, 6.45) is 0.379. The van der Waals surface area contributed by atoms with Crippen molar-refractivity contribution in [2.75, 3.05) is 11.9 Å². The number of carboxylic acids is 1. The third kappa shape index (κ3) is 5.79. The van der Waals surface area contributed by atoms with Crippen LogP contribution in [0.25, 0.3) is 0 Å². The third-order valence-corrected chi connectivity index (χ3v) is 4.01. The Bertz CT molecular complexity index is 564. The molecule has 7 heteroatoms. The van der Waals surface area contributed by atoms with Crippen molar-refractivity contribution >= 4 is 17.6 Å². The zero-order valence-electron chi connectivity index (χ0n) is 13.3. The maximum Gasteiger partial charge on any atom is 0.303 e. The molecule has 132 valence electrons. The number of hydrogen-bond acceptors (Lipinski definition) is 3. The molecule has 0 aliphatic heterocycles. The standard InChI is InChI=1S/C17H21F2NO4/c18-17(19)9-7-12(8-10-17)16(23)20-13-3-5-14(6-4-13)24-11-1-2-15(21)22/h3-6,12H,1-2,7-11H2,(H,20,23)(H,21,22). The summed E-state index contributed by atoms with van der Waals surface area (Å²) in [5.74, 6) is -3.54. The van der Waals surface area contributed by atoms with Crippen molar-refractivity contribution in [3.8, 4) is 5.75 Å². The SMILES string of the molecule is O=C(O)CCCOc1ccc(NC(=O)C2CCC(F)(F)CC2)cc1. The Morgan fingerprint density at radius 2 is 1.83 bits per heavy atom. The first-order chi connectivity index (χ1) is 11.4. The Morgan fingerprint density at radius 3 is 2.42 bits per heavy atom. The summed E-state index contributed by atoms with van der Waals surface area (Å²) in [4.78, 5) is 22.5. The van der Waals surface area contributed by atoms with Crippen LogP contribution < -0.4 is 10.1 Å². The second-order valence-electron chi connectivity index (χ2n) is 5.99. The van der Waals surface area contributed by atoms with E-state index in [-0.39, 0.29) is 43.9 Å². The number of benzene rings is 1. The lowest BCUT2D eigenvalue weighted by Crippen LogP contribution is -2.31. The smallest absolute Gasteiger partial charge is 0.303 e. The van der Waals surface area contributed by atoms with E-state index in [1.54, 1.807) is 24.3 Å². The molecule has 5 nitrogen and oxygen atoms in total. The fraction of sp³-hybridized carbons (Fsp3) is 0.529. The summed E-state index contributed by atoms with van der Waals surface area (Å²) >= 11 is 0. The van der Waals surface area contributed by atoms with Crippen LogP contribution >= 0.6 is 0 Å². The summed E-state index contributed by atoms with van der Waals surface area (Å²) in [5, 5.41) is 11.3. The minimum atomic E-state index is -2.64. The summed E-state index contributed by atoms with van der Waals surface area (Å²) in [7, 11) is 0. The number of halogens is 2. The number of ether oxygens (including phenoxy) is 1. The van der Waals surface area contributed by atoms with Crippen LogP contribution in [0.3, 0.4) is 0 Å². The van der Waals surface area contributed by atoms with Crippen molar-refractivity contribution in [1.29, 1.82) is 0 Å². The second-order valence-corrected chi connectivity index (χ2v) is 5.99. The minimum Gasteiger partial charge on any atom is -0.494 e. The van der Waals surface area contributed by atoms with E-state index in [1.165, 1.54) is 0 Å². The molecule has 1 fully saturated rings. The van der Waals surface area contributed by atoms with E-state index in [1.807, 2.05) is 0 Å². The molecule has 0 aromatic heterocycles. The van der Waals surface area contributed by atoms with Crippen LogP contribution in [0.15, 0.2) is 24.3 Å². The van der Waals surface area contributed by atoms with Gasteiger partial charge in [-0.25, -0.2) is 8.78 Å². The largest absolute Gasteiger partial charge is 0.494 e. The molecule has 1 aliphatic carbocycles. The van der Waals surface area contributed by atoms with E-state index < -0.39 is 11.9 Å². The van der Waals surface area contributed by atoms with Gasteiger partial charge in [0.05, 0.1) is 6.61 Å². The minimum absolute atomic E-state index is 0.0502. The van der Waals surface area contributed by atoms with Crippen molar-refractivity contribution in [1.82, 2.24) is 0 Å². The van der Waals surface area contributed by atoms with Gasteiger partial charge in [0.1, 0.15) is 5.75 Å². The van der Waals surface area contributed by atoms with Gasteiger partial charge in [0.25, 0.3) is 0 Å². The average Bonchev–Trinajstić information content (AvgIpc) is 2.52. The van der Waals surface area contributed by atoms with E-state index in [0.29, 0.717) is 24.5 Å². The van der Waals surface area contributed by atoms with Crippen molar-refractivity contribution < 1.29 is 28.2 Å². The van der Waals surface area contributed by atoms with Crippen LogP contribution in [0, 0.1) is 5.92 Å². The fourth-order valence-electron chi connectivity index (χ4n) is 2.59. The zero-order chi connectivity index (χ0) is 17.6. The van der Waals surface area contributed by atoms with Crippen molar-refractivity contribution in [2.45, 2.75) is 44.4 Å². The number of amides is 1. The lowest BCUT2D eigenvalue weighted by atomic mass is 9.86. The lowest BCUT2D eigenvalue weighted by Gasteiger charge is -2.27. The van der Waals surface area contributed by atoms with Crippen LogP contribution in [0.5, 0.6) is 5.75 Å². The Balaban J connectivity index is 1.77. The van der Waals surface area contributed by atoms with E-state index in [9.17, 15) is 18.4 Å². The molecule has 0 atom stereocenters. The zero-order valence-corrected chi connectivity index (χ0v) is 13.3. The van der Waals surface area contributed by atoms with Crippen LogP contribution in [0.2, 0.25) is 0 Å². The first kappa shape index (κ1) is 18.2. The normalized spacial score (nSPS) is 17.2. The number of rotatable bonds is 7. The first-order valence-electron chi connectivity index (χ1n) is 7.99. The summed E-state index contributed by atoms with van der Waals surface area (Å²) < 4.78 is 31.6. The first-order valence-corrected chi connectivity index (χ1v) is 7.99. The van der Waals surface area contributed by atoms with E-state index >= 15 is 0 Å². The van der Waals surface area contributed by atoms with Gasteiger partial charge in [0.2, 0.25) is 11.8 Å². The molecule has 0 radical (unpaired) electrons. The number of alkyl halides is 2. The van der Waals surface area contributed by atoms with Gasteiger partial charge < -0.3 is 15.2 Å². The van der Waals surface area contributed by atoms with Gasteiger partial charge in [-0.3, -0.25) is 9.59 Å². The Labute approximate surface area is 139 Å². The van der Waals surface area contributed by atoms with Crippen molar-refractivity contribution in [2.24, 2.45) is 5.92 Å². The highest BCUT2D eigenvalue weighted by Crippen LogP contribution is 2.36. The highest BCUT2D eigenvalue weighted by Gasteiger charge is 2.37. The molecule has 1 aliphatic rings. The number of carbonyl (C=O) groups excluding carboxylic acids is 1. The van der Waals surface area contributed by atoms with E-state index in [0.717, 1.165) is 0 Å². The Morgan fingerprint density at radius 1 is 1.21 bits per heavy atom. The van der Waals surface area contributed by atoms with Gasteiger partial charge in [-0.1, -0.05) is 0 Å². The van der Waals surface area contributed by atoms with Gasteiger partial charge >= 0.3 is 5.97 Å². The number of hydrogen-bond donors (Lipinski definition) is 2. The molecule has 24 heavy (non-hydrogen) atoms. The quantitative estimate of drug-likeness (QED) is 0.742. The number of carbonyl (C=O) groups is 2. The molecular weight excluding hydrogens is 320 g/mol. The predicted molar refractivity (Wildman–Crippen MR) is 84.3 cm³/mol. The van der Waals surface area contributed by atoms with E-state index in [2.05, 4.69) is 5.32 Å². The Hall–Kier alpha value is -2.18.